The van der Waals surface area contributed by atoms with Gasteiger partial charge in [0.25, 0.3) is 0 Å². The van der Waals surface area contributed by atoms with Gasteiger partial charge >= 0.3 is 0 Å². The van der Waals surface area contributed by atoms with Crippen molar-refractivity contribution in [3.63, 3.8) is 0 Å². The third-order valence-corrected chi connectivity index (χ3v) is 13.8. The van der Waals surface area contributed by atoms with Crippen LogP contribution in [-0.2, 0) is 38.5 Å². The molecule has 0 amide bonds. The van der Waals surface area contributed by atoms with Gasteiger partial charge in [0.15, 0.2) is 69.0 Å². The second-order valence-electron chi connectivity index (χ2n) is 19.8. The van der Waals surface area contributed by atoms with Gasteiger partial charge in [0.05, 0.1) is 0 Å². The maximum atomic E-state index is 10.3. The molecule has 8 aromatic rings. The van der Waals surface area contributed by atoms with Crippen molar-refractivity contribution in [2.75, 3.05) is 0 Å². The monoisotopic (exact) mass is 1100 g/mol. The lowest BCUT2D eigenvalue weighted by molar-refractivity contribution is 0.356. The van der Waals surface area contributed by atoms with Crippen LogP contribution in [0.4, 0.5) is 0 Å². The Labute approximate surface area is 456 Å². The molecule has 0 aliphatic heterocycles. The third-order valence-electron chi connectivity index (χ3n) is 13.8. The van der Waals surface area contributed by atoms with Crippen LogP contribution in [0.2, 0.25) is 0 Å². The number of rotatable bonds is 18. The highest BCUT2D eigenvalue weighted by molar-refractivity contribution is 5.55. The highest BCUT2D eigenvalue weighted by Gasteiger charge is 2.30. The Morgan fingerprint density at radius 1 is 0.212 bits per heavy atom. The molecule has 0 aromatic heterocycles. The van der Waals surface area contributed by atoms with Crippen LogP contribution >= 0.6 is 0 Å². The van der Waals surface area contributed by atoms with Gasteiger partial charge in [0.1, 0.15) is 46.0 Å². The molecule has 0 saturated heterocycles. The van der Waals surface area contributed by atoms with Crippen molar-refractivity contribution in [3.05, 3.63) is 166 Å². The summed E-state index contributed by atoms with van der Waals surface area (Å²) in [6, 6.07) is 26.9. The summed E-state index contributed by atoms with van der Waals surface area (Å²) in [5, 5.41) is 201. The van der Waals surface area contributed by atoms with E-state index >= 15 is 0 Å². The van der Waals surface area contributed by atoms with Crippen molar-refractivity contribution in [3.8, 4) is 115 Å². The molecule has 0 heterocycles. The largest absolute Gasteiger partial charge is 0.508 e. The highest BCUT2D eigenvalue weighted by atomic mass is 16.3. The molecule has 8 rings (SSSR count). The Morgan fingerprint density at radius 3 is 0.637 bits per heavy atom. The van der Waals surface area contributed by atoms with Crippen LogP contribution in [0.3, 0.4) is 0 Å². The van der Waals surface area contributed by atoms with Crippen LogP contribution in [0.5, 0.6) is 115 Å². The lowest BCUT2D eigenvalue weighted by Crippen LogP contribution is -2.19. The minimum atomic E-state index is -0.693. The maximum Gasteiger partial charge on any atom is 0.200 e. The van der Waals surface area contributed by atoms with E-state index in [1.54, 1.807) is 0 Å². The first-order valence-electron chi connectivity index (χ1n) is 24.8. The average Bonchev–Trinajstić information content (AvgIpc) is 3.35. The van der Waals surface area contributed by atoms with E-state index in [4.69, 9.17) is 0 Å². The van der Waals surface area contributed by atoms with Gasteiger partial charge < -0.3 is 102 Å². The zero-order valence-corrected chi connectivity index (χ0v) is 42.5. The summed E-state index contributed by atoms with van der Waals surface area (Å²) in [5.41, 5.74) is 4.02. The fraction of sp³-hybridized carbons (Fsp3) is 0.200. The molecule has 0 bridgehead atoms. The van der Waals surface area contributed by atoms with E-state index in [1.165, 1.54) is 121 Å². The van der Waals surface area contributed by atoms with E-state index in [0.717, 1.165) is 0 Å². The van der Waals surface area contributed by atoms with E-state index < -0.39 is 80.8 Å². The molecule has 420 valence electrons. The minimum Gasteiger partial charge on any atom is -0.508 e. The molecule has 0 aliphatic carbocycles. The molecule has 0 saturated carbocycles. The molecule has 0 fully saturated rings. The Bertz CT molecular complexity index is 3120. The molecule has 80 heavy (non-hydrogen) atoms. The van der Waals surface area contributed by atoms with Crippen LogP contribution in [-0.4, -0.2) is 102 Å². The first kappa shape index (κ1) is 57.5. The van der Waals surface area contributed by atoms with Crippen LogP contribution in [0.1, 0.15) is 69.2 Å². The number of phenolic OH excluding ortho intramolecular Hbond substituents is 20. The van der Waals surface area contributed by atoms with E-state index in [9.17, 15) is 102 Å². The van der Waals surface area contributed by atoms with Crippen LogP contribution in [0.15, 0.2) is 121 Å². The molecule has 4 atom stereocenters. The zero-order valence-electron chi connectivity index (χ0n) is 42.5. The van der Waals surface area contributed by atoms with Gasteiger partial charge in [0.2, 0.25) is 0 Å². The summed E-state index contributed by atoms with van der Waals surface area (Å²) in [5.74, 6) is -10.0. The number of phenols is 20. The van der Waals surface area contributed by atoms with Gasteiger partial charge in [-0.2, -0.15) is 0 Å². The van der Waals surface area contributed by atoms with Crippen molar-refractivity contribution in [2.45, 2.75) is 63.2 Å². The molecule has 20 N–H and O–H groups in total. The average molecular weight is 1100 g/mol. The molecule has 20 heteroatoms. The summed E-state index contributed by atoms with van der Waals surface area (Å²) in [4.78, 5) is 0. The number of aromatic hydroxyl groups is 20. The Hall–Kier alpha value is -10.2. The fourth-order valence-electron chi connectivity index (χ4n) is 10.2. The van der Waals surface area contributed by atoms with Crippen molar-refractivity contribution in [2.24, 2.45) is 11.8 Å². The standard InChI is InChI=1S/2C30H30O10/c2*31-20-4-16(5-21(32)13-20)3-18(2-1-15-9-25(35)29(39)26(36)10-15)24(8-17-6-22(33)14-23(34)7-17)19-11-27(37)30(40)28(38)12-19/h2*4-7,9-14,18,24,31-40H,1-3,8H2/t2*18-,24-/m10/s1. The second-order valence-corrected chi connectivity index (χ2v) is 19.8. The number of hydrogen-bond donors (Lipinski definition) is 20. The first-order valence-corrected chi connectivity index (χ1v) is 24.8. The lowest BCUT2D eigenvalue weighted by Gasteiger charge is -2.29. The topological polar surface area (TPSA) is 405 Å². The van der Waals surface area contributed by atoms with Crippen molar-refractivity contribution < 1.29 is 102 Å². The van der Waals surface area contributed by atoms with Crippen molar-refractivity contribution in [1.29, 1.82) is 0 Å². The third kappa shape index (κ3) is 14.6. The SMILES string of the molecule is Oc1cc(O)cc(C[C@@H](CCc2cc(O)c(O)c(O)c2)[C@@H](Cc2cc(O)cc(O)c2)c2cc(O)c(O)c(O)c2)c1.Oc1cc(O)cc(C[C@H](CCc2cc(O)c(O)c(O)c2)[C@H](Cc2cc(O)cc(O)c2)c2cc(O)c(O)c(O)c2)c1. The molecule has 0 aliphatic rings. The minimum absolute atomic E-state index is 0.156. The maximum absolute atomic E-state index is 10.3. The van der Waals surface area contributed by atoms with Crippen LogP contribution in [0.25, 0.3) is 0 Å². The van der Waals surface area contributed by atoms with Gasteiger partial charge in [-0.1, -0.05) is 0 Å². The van der Waals surface area contributed by atoms with Crippen molar-refractivity contribution >= 4 is 0 Å². The molecule has 8 aromatic carbocycles. The summed E-state index contributed by atoms with van der Waals surface area (Å²) in [6.45, 7) is 0. The molecular weight excluding hydrogens is 1040 g/mol. The lowest BCUT2D eigenvalue weighted by atomic mass is 9.75. The van der Waals surface area contributed by atoms with Crippen LogP contribution < -0.4 is 0 Å². The summed E-state index contributed by atoms with van der Waals surface area (Å²) < 4.78 is 0. The smallest absolute Gasteiger partial charge is 0.200 e. The summed E-state index contributed by atoms with van der Waals surface area (Å²) in [7, 11) is 0. The Balaban J connectivity index is 0.000000231. The summed E-state index contributed by atoms with van der Waals surface area (Å²) >= 11 is 0. The van der Waals surface area contributed by atoms with Crippen LogP contribution in [0, 0.1) is 11.8 Å². The van der Waals surface area contributed by atoms with E-state index in [1.807, 2.05) is 0 Å². The number of aryl methyl sites for hydroxylation is 2. The van der Waals surface area contributed by atoms with Gasteiger partial charge in [-0.25, -0.2) is 0 Å². The highest BCUT2D eigenvalue weighted by Crippen LogP contribution is 2.46. The van der Waals surface area contributed by atoms with Gasteiger partial charge in [-0.15, -0.1) is 0 Å². The predicted octanol–water partition coefficient (Wildman–Crippen LogP) is 9.12. The van der Waals surface area contributed by atoms with E-state index in [0.29, 0.717) is 57.3 Å². The second kappa shape index (κ2) is 24.4. The number of benzene rings is 8. The van der Waals surface area contributed by atoms with Gasteiger partial charge in [0, 0.05) is 24.3 Å². The van der Waals surface area contributed by atoms with Gasteiger partial charge in [-0.05, 0) is 217 Å². The van der Waals surface area contributed by atoms with E-state index in [-0.39, 0.29) is 96.4 Å². The normalized spacial score (nSPS) is 12.7. The first-order chi connectivity index (χ1) is 37.8. The Kier molecular flexibility index (Phi) is 17.5. The molecule has 20 nitrogen and oxygen atoms in total. The quantitative estimate of drug-likeness (QED) is 0.0356. The van der Waals surface area contributed by atoms with E-state index in [2.05, 4.69) is 0 Å². The number of hydrogen-bond acceptors (Lipinski definition) is 20. The van der Waals surface area contributed by atoms with Crippen molar-refractivity contribution in [1.82, 2.24) is 0 Å². The molecule has 0 unspecified atom stereocenters. The zero-order chi connectivity index (χ0) is 58.3. The Morgan fingerprint density at radius 2 is 0.412 bits per heavy atom. The predicted molar refractivity (Wildman–Crippen MR) is 289 cm³/mol. The summed E-state index contributed by atoms with van der Waals surface area (Å²) in [6.07, 6.45) is 2.19. The molecule has 0 radical (unpaired) electrons. The molecular formula is C60H60O20. The molecule has 0 spiro atoms. The van der Waals surface area contributed by atoms with Gasteiger partial charge in [-0.3, -0.25) is 0 Å². The fourth-order valence-corrected chi connectivity index (χ4v) is 10.2.